The van der Waals surface area contributed by atoms with Crippen LogP contribution in [0, 0.1) is 0 Å². The highest BCUT2D eigenvalue weighted by atomic mass is 19.4. The maximum atomic E-state index is 15.1. The lowest BCUT2D eigenvalue weighted by molar-refractivity contribution is -0.310. The van der Waals surface area contributed by atoms with Crippen LogP contribution in [0.25, 0.3) is 11.4 Å². The van der Waals surface area contributed by atoms with Crippen LogP contribution in [0.1, 0.15) is 18.1 Å². The molecule has 2 amide bonds. The molecule has 0 aliphatic carbocycles. The first-order chi connectivity index (χ1) is 20.0. The summed E-state index contributed by atoms with van der Waals surface area (Å²) in [6, 6.07) is 21.8. The predicted octanol–water partition coefficient (Wildman–Crippen LogP) is 4.61. The average Bonchev–Trinajstić information content (AvgIpc) is 2.97. The van der Waals surface area contributed by atoms with E-state index in [2.05, 4.69) is 15.6 Å². The van der Waals surface area contributed by atoms with E-state index in [0.29, 0.717) is 11.1 Å². The van der Waals surface area contributed by atoms with E-state index in [-0.39, 0.29) is 16.7 Å². The van der Waals surface area contributed by atoms with Gasteiger partial charge in [0.25, 0.3) is 11.3 Å². The average molecular weight is 581 g/mol. The second kappa shape index (κ2) is 12.7. The van der Waals surface area contributed by atoms with Gasteiger partial charge in [-0.1, -0.05) is 91.0 Å². The highest BCUT2D eigenvalue weighted by molar-refractivity contribution is 5.84. The van der Waals surface area contributed by atoms with E-state index in [1.54, 1.807) is 54.6 Å². The third-order valence-corrected chi connectivity index (χ3v) is 6.35. The van der Waals surface area contributed by atoms with Crippen molar-refractivity contribution >= 4 is 17.7 Å². The Hall–Kier alpha value is -4.97. The number of carbonyl (C=O) groups excluding carboxylic acids is 2. The summed E-state index contributed by atoms with van der Waals surface area (Å²) in [6.45, 7) is 0.819. The topological polar surface area (TPSA) is 123 Å². The fraction of sp³-hybridized carbons (Fsp3) is 0.200. The van der Waals surface area contributed by atoms with Crippen LogP contribution in [0.4, 0.5) is 23.7 Å². The normalized spacial score (nSPS) is 13.5. The summed E-state index contributed by atoms with van der Waals surface area (Å²) in [7, 11) is 0. The van der Waals surface area contributed by atoms with E-state index in [4.69, 9.17) is 4.74 Å². The molecule has 42 heavy (non-hydrogen) atoms. The molecule has 218 valence electrons. The van der Waals surface area contributed by atoms with Crippen LogP contribution in [0.3, 0.4) is 0 Å². The molecule has 9 nitrogen and oxygen atoms in total. The molecule has 0 spiro atoms. The zero-order valence-electron chi connectivity index (χ0n) is 22.3. The fourth-order valence-electron chi connectivity index (χ4n) is 4.39. The van der Waals surface area contributed by atoms with Gasteiger partial charge in [-0.2, -0.15) is 13.2 Å². The molecule has 1 heterocycles. The number of carbonyl (C=O) groups is 2. The van der Waals surface area contributed by atoms with Gasteiger partial charge in [-0.3, -0.25) is 19.5 Å². The summed E-state index contributed by atoms with van der Waals surface area (Å²) in [5.41, 5.74) is -5.08. The molecule has 0 aliphatic heterocycles. The quantitative estimate of drug-likeness (QED) is 0.266. The first-order valence-electron chi connectivity index (χ1n) is 12.8. The van der Waals surface area contributed by atoms with E-state index in [9.17, 15) is 19.5 Å². The number of hydrogen-bond acceptors (Lipinski definition) is 6. The Kier molecular flexibility index (Phi) is 9.06. The van der Waals surface area contributed by atoms with Crippen molar-refractivity contribution in [2.24, 2.45) is 0 Å². The van der Waals surface area contributed by atoms with Gasteiger partial charge < -0.3 is 15.2 Å². The molecule has 2 atom stereocenters. The number of rotatable bonds is 9. The third-order valence-electron chi connectivity index (χ3n) is 6.35. The lowest BCUT2D eigenvalue weighted by atomic mass is 9.94. The van der Waals surface area contributed by atoms with Gasteiger partial charge in [-0.15, -0.1) is 0 Å². The maximum absolute atomic E-state index is 15.1. The molecule has 4 rings (SSSR count). The minimum absolute atomic E-state index is 0.0543. The monoisotopic (exact) mass is 580 g/mol. The van der Waals surface area contributed by atoms with Crippen LogP contribution in [0.5, 0.6) is 0 Å². The van der Waals surface area contributed by atoms with Crippen molar-refractivity contribution in [2.45, 2.75) is 37.9 Å². The number of benzene rings is 3. The van der Waals surface area contributed by atoms with E-state index in [1.807, 2.05) is 0 Å². The van der Waals surface area contributed by atoms with Crippen molar-refractivity contribution < 1.29 is 32.6 Å². The summed E-state index contributed by atoms with van der Waals surface area (Å²) >= 11 is 0. The van der Waals surface area contributed by atoms with E-state index >= 15 is 13.2 Å². The highest BCUT2D eigenvalue weighted by Crippen LogP contribution is 2.40. The minimum atomic E-state index is -5.52. The molecule has 0 bridgehead atoms. The van der Waals surface area contributed by atoms with E-state index in [0.717, 1.165) is 13.1 Å². The van der Waals surface area contributed by atoms with Crippen LogP contribution in [-0.4, -0.2) is 38.9 Å². The van der Waals surface area contributed by atoms with Gasteiger partial charge in [0.1, 0.15) is 18.1 Å². The second-order valence-electron chi connectivity index (χ2n) is 9.36. The molecule has 4 aromatic rings. The molecule has 0 saturated carbocycles. The number of ether oxygens (including phenoxy) is 1. The molecular formula is C30H27F3N4O5. The summed E-state index contributed by atoms with van der Waals surface area (Å²) in [5.74, 6) is -1.42. The Morgan fingerprint density at radius 3 is 2.02 bits per heavy atom. The number of aromatic nitrogens is 2. The van der Waals surface area contributed by atoms with Crippen molar-refractivity contribution in [3.63, 3.8) is 0 Å². The first kappa shape index (κ1) is 30.0. The zero-order valence-corrected chi connectivity index (χ0v) is 22.3. The third kappa shape index (κ3) is 6.66. The molecule has 0 radical (unpaired) electrons. The Labute approximate surface area is 238 Å². The molecule has 0 saturated heterocycles. The van der Waals surface area contributed by atoms with Crippen molar-refractivity contribution in [1.82, 2.24) is 14.9 Å². The molecule has 3 N–H and O–H groups in total. The predicted molar refractivity (Wildman–Crippen MR) is 148 cm³/mol. The SMILES string of the molecule is CC(=O)NC(Cc1ccccc1)C(O)(n1c(-c2ccccc2)ncc(NC(=O)OCc2ccccc2)c1=O)C(F)(F)F. The molecule has 0 aliphatic rings. The highest BCUT2D eigenvalue weighted by Gasteiger charge is 2.62. The molecular weight excluding hydrogens is 553 g/mol. The Morgan fingerprint density at radius 2 is 1.48 bits per heavy atom. The van der Waals surface area contributed by atoms with Gasteiger partial charge in [-0.05, 0) is 17.5 Å². The second-order valence-corrected chi connectivity index (χ2v) is 9.36. The van der Waals surface area contributed by atoms with Crippen LogP contribution < -0.4 is 16.2 Å². The van der Waals surface area contributed by atoms with Crippen molar-refractivity contribution in [3.05, 3.63) is 119 Å². The van der Waals surface area contributed by atoms with E-state index < -0.39 is 53.4 Å². The lowest BCUT2D eigenvalue weighted by Gasteiger charge is -2.40. The standard InChI is InChI=1S/C30H27F3N4O5/c1-20(38)35-25(17-21-11-5-2-6-12-21)29(41,30(31,32)33)37-26(23-15-9-4-10-16-23)34-18-24(27(37)39)36-28(40)42-19-22-13-7-3-8-14-22/h2-16,18,25,41H,17,19H2,1H3,(H,35,38)(H,36,40). The van der Waals surface area contributed by atoms with Gasteiger partial charge >= 0.3 is 12.3 Å². The van der Waals surface area contributed by atoms with Crippen LogP contribution >= 0.6 is 0 Å². The Balaban J connectivity index is 1.85. The van der Waals surface area contributed by atoms with Crippen LogP contribution in [-0.2, 0) is 28.3 Å². The summed E-state index contributed by atoms with van der Waals surface area (Å²) < 4.78 is 50.4. The van der Waals surface area contributed by atoms with Gasteiger partial charge in [0.2, 0.25) is 5.91 Å². The number of hydrogen-bond donors (Lipinski definition) is 3. The largest absolute Gasteiger partial charge is 0.444 e. The smallest absolute Gasteiger partial charge is 0.439 e. The number of nitrogens with one attached hydrogen (secondary N) is 2. The Morgan fingerprint density at radius 1 is 0.929 bits per heavy atom. The van der Waals surface area contributed by atoms with E-state index in [1.165, 1.54) is 36.4 Å². The molecule has 2 unspecified atom stereocenters. The maximum Gasteiger partial charge on any atom is 0.439 e. The summed E-state index contributed by atoms with van der Waals surface area (Å²) in [4.78, 5) is 42.5. The van der Waals surface area contributed by atoms with Gasteiger partial charge in [-0.25, -0.2) is 9.78 Å². The Bertz CT molecular complexity index is 1580. The van der Waals surface area contributed by atoms with Crippen molar-refractivity contribution in [2.75, 3.05) is 5.32 Å². The van der Waals surface area contributed by atoms with Gasteiger partial charge in [0, 0.05) is 12.5 Å². The number of aliphatic hydroxyl groups is 1. The first-order valence-corrected chi connectivity index (χ1v) is 12.8. The zero-order chi connectivity index (χ0) is 30.3. The molecule has 0 fully saturated rings. The van der Waals surface area contributed by atoms with Gasteiger partial charge in [0.05, 0.1) is 12.2 Å². The number of nitrogens with zero attached hydrogens (tertiary/aromatic N) is 2. The van der Waals surface area contributed by atoms with Gasteiger partial charge in [0.15, 0.2) is 0 Å². The number of alkyl halides is 3. The minimum Gasteiger partial charge on any atom is -0.444 e. The fourth-order valence-corrected chi connectivity index (χ4v) is 4.39. The number of amides is 2. The molecule has 1 aromatic heterocycles. The van der Waals surface area contributed by atoms with Crippen LogP contribution in [0.2, 0.25) is 0 Å². The summed E-state index contributed by atoms with van der Waals surface area (Å²) in [6.07, 6.45) is -6.27. The summed E-state index contributed by atoms with van der Waals surface area (Å²) in [5, 5.41) is 16.0. The number of halogens is 3. The van der Waals surface area contributed by atoms with Crippen LogP contribution in [0.15, 0.2) is 102 Å². The molecule has 12 heteroatoms. The van der Waals surface area contributed by atoms with Crippen molar-refractivity contribution in [1.29, 1.82) is 0 Å². The number of anilines is 1. The van der Waals surface area contributed by atoms with Crippen molar-refractivity contribution in [3.8, 4) is 11.4 Å². The lowest BCUT2D eigenvalue weighted by Crippen LogP contribution is -2.65. The molecule has 3 aromatic carbocycles.